The van der Waals surface area contributed by atoms with Gasteiger partial charge in [-0.1, -0.05) is 18.2 Å². The zero-order valence-electron chi connectivity index (χ0n) is 7.94. The predicted octanol–water partition coefficient (Wildman–Crippen LogP) is 3.31. The van der Waals surface area contributed by atoms with Crippen molar-refractivity contribution in [3.8, 4) is 0 Å². The first-order chi connectivity index (χ1) is 7.27. The summed E-state index contributed by atoms with van der Waals surface area (Å²) in [6.07, 6.45) is 0.128. The van der Waals surface area contributed by atoms with Gasteiger partial charge in [0.1, 0.15) is 5.82 Å². The van der Waals surface area contributed by atoms with Gasteiger partial charge in [0, 0.05) is 17.4 Å². The molecule has 0 spiro atoms. The third-order valence-corrected chi connectivity index (χ3v) is 2.84. The van der Waals surface area contributed by atoms with Gasteiger partial charge in [0.15, 0.2) is 5.78 Å². The Balaban J connectivity index is 2.17. The minimum Gasteiger partial charge on any atom is -0.294 e. The van der Waals surface area contributed by atoms with E-state index >= 15 is 0 Å². The summed E-state index contributed by atoms with van der Waals surface area (Å²) >= 11 is 1.47. The maximum absolute atomic E-state index is 13.2. The van der Waals surface area contributed by atoms with Crippen LogP contribution in [0.5, 0.6) is 0 Å². The van der Waals surface area contributed by atoms with Crippen LogP contribution in [0, 0.1) is 5.82 Å². The van der Waals surface area contributed by atoms with Crippen LogP contribution in [0.2, 0.25) is 0 Å². The Morgan fingerprint density at radius 2 is 2.07 bits per heavy atom. The number of Topliss-reactive ketones (excluding diaryl/α,β-unsaturated/α-hetero) is 1. The van der Waals surface area contributed by atoms with Gasteiger partial charge in [0.2, 0.25) is 0 Å². The predicted molar refractivity (Wildman–Crippen MR) is 58.8 cm³/mol. The van der Waals surface area contributed by atoms with Gasteiger partial charge in [-0.05, 0) is 23.1 Å². The Kier molecular flexibility index (Phi) is 2.92. The Morgan fingerprint density at radius 3 is 2.73 bits per heavy atom. The monoisotopic (exact) mass is 220 g/mol. The van der Waals surface area contributed by atoms with Gasteiger partial charge in [0.05, 0.1) is 0 Å². The molecule has 76 valence electrons. The minimum absolute atomic E-state index is 0.0404. The van der Waals surface area contributed by atoms with E-state index in [0.29, 0.717) is 11.1 Å². The molecular weight excluding hydrogens is 211 g/mol. The number of hydrogen-bond acceptors (Lipinski definition) is 2. The van der Waals surface area contributed by atoms with E-state index < -0.39 is 0 Å². The van der Waals surface area contributed by atoms with E-state index in [1.165, 1.54) is 17.4 Å². The number of benzene rings is 1. The molecule has 0 unspecified atom stereocenters. The Morgan fingerprint density at radius 1 is 1.27 bits per heavy atom. The van der Waals surface area contributed by atoms with Crippen molar-refractivity contribution in [1.29, 1.82) is 0 Å². The molecule has 0 fully saturated rings. The smallest absolute Gasteiger partial charge is 0.168 e. The van der Waals surface area contributed by atoms with Crippen LogP contribution < -0.4 is 0 Å². The number of halogens is 1. The molecule has 1 nitrogen and oxygen atoms in total. The van der Waals surface area contributed by atoms with Crippen LogP contribution in [0.1, 0.15) is 15.9 Å². The van der Waals surface area contributed by atoms with Crippen LogP contribution in [0.4, 0.5) is 4.39 Å². The lowest BCUT2D eigenvalue weighted by Gasteiger charge is -2.00. The van der Waals surface area contributed by atoms with Crippen LogP contribution in [-0.4, -0.2) is 5.78 Å². The van der Waals surface area contributed by atoms with Crippen molar-refractivity contribution in [2.45, 2.75) is 6.42 Å². The number of carbonyl (C=O) groups is 1. The largest absolute Gasteiger partial charge is 0.294 e. The van der Waals surface area contributed by atoms with Crippen molar-refractivity contribution >= 4 is 17.1 Å². The molecule has 1 aromatic carbocycles. The van der Waals surface area contributed by atoms with Crippen LogP contribution in [-0.2, 0) is 6.42 Å². The summed E-state index contributed by atoms with van der Waals surface area (Å²) in [6, 6.07) is 8.12. The quantitative estimate of drug-likeness (QED) is 0.725. The standard InChI is InChI=1S/C12H9FOS/c13-11-4-2-1-3-9(11)7-12(14)10-5-6-15-8-10/h1-6,8H,7H2. The fourth-order valence-electron chi connectivity index (χ4n) is 1.34. The molecule has 0 aliphatic rings. The summed E-state index contributed by atoms with van der Waals surface area (Å²) in [5.41, 5.74) is 1.11. The lowest BCUT2D eigenvalue weighted by atomic mass is 10.1. The Bertz CT molecular complexity index is 462. The average Bonchev–Trinajstić information content (AvgIpc) is 2.74. The molecular formula is C12H9FOS. The van der Waals surface area contributed by atoms with E-state index in [4.69, 9.17) is 0 Å². The minimum atomic E-state index is -0.318. The highest BCUT2D eigenvalue weighted by Crippen LogP contribution is 2.13. The van der Waals surface area contributed by atoms with E-state index in [0.717, 1.165) is 0 Å². The highest BCUT2D eigenvalue weighted by molar-refractivity contribution is 7.08. The fourth-order valence-corrected chi connectivity index (χ4v) is 2.00. The van der Waals surface area contributed by atoms with E-state index in [1.807, 2.05) is 5.38 Å². The number of thiophene rings is 1. The molecule has 0 atom stereocenters. The Hall–Kier alpha value is -1.48. The third-order valence-electron chi connectivity index (χ3n) is 2.15. The molecule has 1 aromatic heterocycles. The van der Waals surface area contributed by atoms with Gasteiger partial charge >= 0.3 is 0 Å². The molecule has 15 heavy (non-hydrogen) atoms. The van der Waals surface area contributed by atoms with Gasteiger partial charge in [-0.25, -0.2) is 4.39 Å². The SMILES string of the molecule is O=C(Cc1ccccc1F)c1ccsc1. The molecule has 0 aliphatic carbocycles. The molecule has 0 bridgehead atoms. The maximum Gasteiger partial charge on any atom is 0.168 e. The molecule has 3 heteroatoms. The summed E-state index contributed by atoms with van der Waals surface area (Å²) < 4.78 is 13.2. The summed E-state index contributed by atoms with van der Waals surface area (Å²) in [5, 5.41) is 3.62. The van der Waals surface area contributed by atoms with Gasteiger partial charge in [0.25, 0.3) is 0 Å². The zero-order chi connectivity index (χ0) is 10.7. The molecule has 0 aliphatic heterocycles. The topological polar surface area (TPSA) is 17.1 Å². The highest BCUT2D eigenvalue weighted by atomic mass is 32.1. The first-order valence-electron chi connectivity index (χ1n) is 4.56. The third kappa shape index (κ3) is 2.30. The molecule has 0 saturated heterocycles. The van der Waals surface area contributed by atoms with Crippen molar-refractivity contribution in [3.63, 3.8) is 0 Å². The van der Waals surface area contributed by atoms with E-state index in [9.17, 15) is 9.18 Å². The van der Waals surface area contributed by atoms with Gasteiger partial charge < -0.3 is 0 Å². The first kappa shape index (κ1) is 10.1. The fraction of sp³-hybridized carbons (Fsp3) is 0.0833. The molecule has 1 heterocycles. The summed E-state index contributed by atoms with van der Waals surface area (Å²) in [4.78, 5) is 11.7. The molecule has 2 aromatic rings. The molecule has 0 saturated carbocycles. The van der Waals surface area contributed by atoms with Crippen LogP contribution in [0.15, 0.2) is 41.1 Å². The van der Waals surface area contributed by atoms with Gasteiger partial charge in [-0.3, -0.25) is 4.79 Å². The van der Waals surface area contributed by atoms with E-state index in [1.54, 1.807) is 29.6 Å². The molecule has 2 rings (SSSR count). The van der Waals surface area contributed by atoms with E-state index in [2.05, 4.69) is 0 Å². The van der Waals surface area contributed by atoms with Crippen LogP contribution in [0.25, 0.3) is 0 Å². The van der Waals surface area contributed by atoms with Crippen LogP contribution in [0.3, 0.4) is 0 Å². The average molecular weight is 220 g/mol. The van der Waals surface area contributed by atoms with Gasteiger partial charge in [-0.15, -0.1) is 0 Å². The number of carbonyl (C=O) groups excluding carboxylic acids is 1. The summed E-state index contributed by atoms with van der Waals surface area (Å²) in [5.74, 6) is -0.359. The molecule has 0 radical (unpaired) electrons. The lowest BCUT2D eigenvalue weighted by molar-refractivity contribution is 0.0992. The van der Waals surface area contributed by atoms with Crippen molar-refractivity contribution in [2.24, 2.45) is 0 Å². The van der Waals surface area contributed by atoms with Crippen molar-refractivity contribution in [2.75, 3.05) is 0 Å². The molecule has 0 amide bonds. The Labute approximate surface area is 91.2 Å². The number of rotatable bonds is 3. The highest BCUT2D eigenvalue weighted by Gasteiger charge is 2.09. The second-order valence-corrected chi connectivity index (χ2v) is 3.98. The maximum atomic E-state index is 13.2. The van der Waals surface area contributed by atoms with E-state index in [-0.39, 0.29) is 18.0 Å². The van der Waals surface area contributed by atoms with Gasteiger partial charge in [-0.2, -0.15) is 11.3 Å². The van der Waals surface area contributed by atoms with Crippen molar-refractivity contribution in [3.05, 3.63) is 58.0 Å². The normalized spacial score (nSPS) is 10.2. The number of hydrogen-bond donors (Lipinski definition) is 0. The second-order valence-electron chi connectivity index (χ2n) is 3.20. The van der Waals surface area contributed by atoms with Crippen molar-refractivity contribution < 1.29 is 9.18 Å². The lowest BCUT2D eigenvalue weighted by Crippen LogP contribution is -2.03. The molecule has 0 N–H and O–H groups in total. The zero-order valence-corrected chi connectivity index (χ0v) is 8.76. The van der Waals surface area contributed by atoms with Crippen LogP contribution >= 0.6 is 11.3 Å². The van der Waals surface area contributed by atoms with Crippen molar-refractivity contribution in [1.82, 2.24) is 0 Å². The summed E-state index contributed by atoms with van der Waals surface area (Å²) in [6.45, 7) is 0. The first-order valence-corrected chi connectivity index (χ1v) is 5.50. The summed E-state index contributed by atoms with van der Waals surface area (Å²) in [7, 11) is 0. The number of ketones is 1. The second kappa shape index (κ2) is 4.36.